The molecule has 5 nitrogen and oxygen atoms in total. The fraction of sp³-hybridized carbons (Fsp3) is 0.0833. The van der Waals surface area contributed by atoms with Crippen molar-refractivity contribution in [2.75, 3.05) is 0 Å². The first-order valence-electron chi connectivity index (χ1n) is 5.57. The lowest BCUT2D eigenvalue weighted by Gasteiger charge is -2.13. The second-order valence-corrected chi connectivity index (χ2v) is 4.54. The predicted molar refractivity (Wildman–Crippen MR) is 73.0 cm³/mol. The summed E-state index contributed by atoms with van der Waals surface area (Å²) in [5.41, 5.74) is 9.42. The first-order chi connectivity index (χ1) is 9.70. The second kappa shape index (κ2) is 5.17. The van der Waals surface area contributed by atoms with E-state index < -0.39 is 17.6 Å². The van der Waals surface area contributed by atoms with Crippen LogP contribution in [0.5, 0.6) is 0 Å². The molecule has 110 valence electrons. The van der Waals surface area contributed by atoms with Crippen molar-refractivity contribution in [1.29, 1.82) is 0 Å². The number of halogens is 3. The van der Waals surface area contributed by atoms with E-state index in [9.17, 15) is 18.0 Å². The Balaban J connectivity index is 2.54. The maximum Gasteiger partial charge on any atom is 0.417 e. The maximum absolute atomic E-state index is 12.9. The molecule has 2 aromatic rings. The Bertz CT molecular complexity index is 724. The Morgan fingerprint density at radius 1 is 1.24 bits per heavy atom. The summed E-state index contributed by atoms with van der Waals surface area (Å²) in [6.45, 7) is 0. The van der Waals surface area contributed by atoms with Crippen molar-refractivity contribution in [3.05, 3.63) is 47.3 Å². The highest BCUT2D eigenvalue weighted by Crippen LogP contribution is 2.33. The molecule has 9 heteroatoms. The lowest BCUT2D eigenvalue weighted by molar-refractivity contribution is -0.137. The standard InChI is InChI=1S/C12H9F3N4OS/c13-12(14,15)8-2-1-6(5-7(8)11(17)21)19-4-3-9(18-19)10(16)20/h1-5H,(H2,16,20)(H2,17,21). The number of rotatable bonds is 3. The molecule has 0 spiro atoms. The maximum atomic E-state index is 12.9. The van der Waals surface area contributed by atoms with Crippen LogP contribution in [0.1, 0.15) is 21.6 Å². The zero-order valence-electron chi connectivity index (χ0n) is 10.4. The number of thiocarbonyl (C=S) groups is 1. The number of hydrogen-bond donors (Lipinski definition) is 2. The van der Waals surface area contributed by atoms with Gasteiger partial charge in [0.05, 0.1) is 11.3 Å². The van der Waals surface area contributed by atoms with Gasteiger partial charge in [0.1, 0.15) is 10.7 Å². The average molecular weight is 314 g/mol. The monoisotopic (exact) mass is 314 g/mol. The molecule has 0 fully saturated rings. The third-order valence-electron chi connectivity index (χ3n) is 2.68. The van der Waals surface area contributed by atoms with Gasteiger partial charge in [0.25, 0.3) is 5.91 Å². The van der Waals surface area contributed by atoms with E-state index in [0.717, 1.165) is 12.1 Å². The van der Waals surface area contributed by atoms with Crippen LogP contribution in [0.15, 0.2) is 30.5 Å². The molecule has 1 aromatic carbocycles. The molecule has 0 atom stereocenters. The second-order valence-electron chi connectivity index (χ2n) is 4.10. The largest absolute Gasteiger partial charge is 0.417 e. The molecule has 0 saturated carbocycles. The molecule has 0 aliphatic rings. The van der Waals surface area contributed by atoms with Crippen LogP contribution in [-0.4, -0.2) is 20.7 Å². The van der Waals surface area contributed by atoms with E-state index in [1.54, 1.807) is 0 Å². The van der Waals surface area contributed by atoms with Crippen LogP contribution in [0.4, 0.5) is 13.2 Å². The molecule has 1 heterocycles. The molecular formula is C12H9F3N4OS. The van der Waals surface area contributed by atoms with Crippen molar-refractivity contribution in [2.45, 2.75) is 6.18 Å². The van der Waals surface area contributed by atoms with Gasteiger partial charge in [0, 0.05) is 11.8 Å². The summed E-state index contributed by atoms with van der Waals surface area (Å²) in [4.78, 5) is 10.6. The van der Waals surface area contributed by atoms with Crippen molar-refractivity contribution in [1.82, 2.24) is 9.78 Å². The summed E-state index contributed by atoms with van der Waals surface area (Å²) in [6, 6.07) is 4.56. The Morgan fingerprint density at radius 3 is 2.38 bits per heavy atom. The van der Waals surface area contributed by atoms with Crippen molar-refractivity contribution in [2.24, 2.45) is 11.5 Å². The third-order valence-corrected chi connectivity index (χ3v) is 2.90. The number of nitrogens with zero attached hydrogens (tertiary/aromatic N) is 2. The van der Waals surface area contributed by atoms with Gasteiger partial charge in [0.2, 0.25) is 0 Å². The molecule has 21 heavy (non-hydrogen) atoms. The highest BCUT2D eigenvalue weighted by atomic mass is 32.1. The van der Waals surface area contributed by atoms with Crippen molar-refractivity contribution in [3.8, 4) is 5.69 Å². The minimum absolute atomic E-state index is 0.00762. The van der Waals surface area contributed by atoms with E-state index in [1.807, 2.05) is 0 Å². The van der Waals surface area contributed by atoms with Gasteiger partial charge in [-0.2, -0.15) is 18.3 Å². The van der Waals surface area contributed by atoms with Gasteiger partial charge >= 0.3 is 6.18 Å². The average Bonchev–Trinajstić information content (AvgIpc) is 2.86. The number of nitrogens with two attached hydrogens (primary N) is 2. The van der Waals surface area contributed by atoms with E-state index in [-0.39, 0.29) is 21.9 Å². The van der Waals surface area contributed by atoms with Crippen molar-refractivity contribution >= 4 is 23.1 Å². The molecular weight excluding hydrogens is 305 g/mol. The fourth-order valence-corrected chi connectivity index (χ4v) is 1.89. The normalized spacial score (nSPS) is 11.4. The van der Waals surface area contributed by atoms with Gasteiger partial charge in [-0.25, -0.2) is 4.68 Å². The minimum Gasteiger partial charge on any atom is -0.389 e. The van der Waals surface area contributed by atoms with Gasteiger partial charge < -0.3 is 11.5 Å². The number of benzene rings is 1. The molecule has 0 radical (unpaired) electrons. The molecule has 0 saturated heterocycles. The SMILES string of the molecule is NC(=O)c1ccn(-c2ccc(C(F)(F)F)c(C(N)=S)c2)n1. The van der Waals surface area contributed by atoms with Gasteiger partial charge in [-0.15, -0.1) is 0 Å². The number of primary amides is 1. The molecule has 1 amide bonds. The van der Waals surface area contributed by atoms with Crippen LogP contribution in [0.25, 0.3) is 5.69 Å². The molecule has 2 rings (SSSR count). The van der Waals surface area contributed by atoms with Crippen LogP contribution in [0.2, 0.25) is 0 Å². The molecule has 1 aromatic heterocycles. The van der Waals surface area contributed by atoms with Gasteiger partial charge in [0.15, 0.2) is 0 Å². The summed E-state index contributed by atoms with van der Waals surface area (Å²) in [5, 5.41) is 3.85. The van der Waals surface area contributed by atoms with Gasteiger partial charge in [-0.1, -0.05) is 12.2 Å². The number of aromatic nitrogens is 2. The number of amides is 1. The van der Waals surface area contributed by atoms with Crippen molar-refractivity contribution < 1.29 is 18.0 Å². The smallest absolute Gasteiger partial charge is 0.389 e. The quantitative estimate of drug-likeness (QED) is 0.843. The highest BCUT2D eigenvalue weighted by molar-refractivity contribution is 7.80. The summed E-state index contributed by atoms with van der Waals surface area (Å²) < 4.78 is 39.8. The predicted octanol–water partition coefficient (Wildman–Crippen LogP) is 1.62. The van der Waals surface area contributed by atoms with E-state index in [1.165, 1.54) is 23.0 Å². The molecule has 0 unspecified atom stereocenters. The molecule has 4 N–H and O–H groups in total. The van der Waals surface area contributed by atoms with E-state index in [2.05, 4.69) is 17.3 Å². The van der Waals surface area contributed by atoms with Crippen LogP contribution >= 0.6 is 12.2 Å². The lowest BCUT2D eigenvalue weighted by atomic mass is 10.1. The topological polar surface area (TPSA) is 86.9 Å². The zero-order valence-corrected chi connectivity index (χ0v) is 11.2. The number of carbonyl (C=O) groups is 1. The van der Waals surface area contributed by atoms with Crippen LogP contribution < -0.4 is 11.5 Å². The Hall–Kier alpha value is -2.42. The number of alkyl halides is 3. The molecule has 0 aliphatic heterocycles. The molecule has 0 aliphatic carbocycles. The Morgan fingerprint density at radius 2 is 1.90 bits per heavy atom. The fourth-order valence-electron chi connectivity index (χ4n) is 1.72. The van der Waals surface area contributed by atoms with Gasteiger partial charge in [-0.3, -0.25) is 4.79 Å². The van der Waals surface area contributed by atoms with Gasteiger partial charge in [-0.05, 0) is 24.3 Å². The zero-order chi connectivity index (χ0) is 15.8. The lowest BCUT2D eigenvalue weighted by Crippen LogP contribution is -2.18. The number of hydrogen-bond acceptors (Lipinski definition) is 3. The third kappa shape index (κ3) is 3.02. The Labute approximate surface area is 122 Å². The van der Waals surface area contributed by atoms with Crippen LogP contribution in [0.3, 0.4) is 0 Å². The minimum atomic E-state index is -4.57. The summed E-state index contributed by atoms with van der Waals surface area (Å²) >= 11 is 4.65. The van der Waals surface area contributed by atoms with E-state index in [0.29, 0.717) is 0 Å². The first kappa shape index (κ1) is 15.0. The van der Waals surface area contributed by atoms with Crippen LogP contribution in [0, 0.1) is 0 Å². The van der Waals surface area contributed by atoms with E-state index in [4.69, 9.17) is 11.5 Å². The number of carbonyl (C=O) groups excluding carboxylic acids is 1. The highest BCUT2D eigenvalue weighted by Gasteiger charge is 2.34. The summed E-state index contributed by atoms with van der Waals surface area (Å²) in [7, 11) is 0. The summed E-state index contributed by atoms with van der Waals surface area (Å²) in [6.07, 6.45) is -3.17. The first-order valence-corrected chi connectivity index (χ1v) is 5.98. The van der Waals surface area contributed by atoms with E-state index >= 15 is 0 Å². The summed E-state index contributed by atoms with van der Waals surface area (Å²) in [5.74, 6) is -0.741. The molecule has 0 bridgehead atoms. The Kier molecular flexibility index (Phi) is 3.69. The van der Waals surface area contributed by atoms with Crippen molar-refractivity contribution in [3.63, 3.8) is 0 Å². The van der Waals surface area contributed by atoms with Crippen LogP contribution in [-0.2, 0) is 6.18 Å².